The molecule has 0 aliphatic rings. The minimum atomic E-state index is -0.379. The van der Waals surface area contributed by atoms with Gasteiger partial charge in [0.1, 0.15) is 6.54 Å². The van der Waals surface area contributed by atoms with Crippen LogP contribution in [0.15, 0.2) is 66.9 Å². The number of carbonyl (C=O) groups is 2. The van der Waals surface area contributed by atoms with Crippen LogP contribution < -0.4 is 5.32 Å². The number of hydrogen-bond donors (Lipinski definition) is 1. The van der Waals surface area contributed by atoms with Gasteiger partial charge in [0, 0.05) is 37.2 Å². The number of aromatic nitrogens is 1. The van der Waals surface area contributed by atoms with Gasteiger partial charge in [-0.05, 0) is 49.7 Å². The number of rotatable bonds is 8. The highest BCUT2D eigenvalue weighted by Crippen LogP contribution is 2.25. The summed E-state index contributed by atoms with van der Waals surface area (Å²) in [6.07, 6.45) is 1.95. The Morgan fingerprint density at radius 2 is 1.70 bits per heavy atom. The van der Waals surface area contributed by atoms with Gasteiger partial charge in [-0.1, -0.05) is 53.5 Å². The first-order valence-electron chi connectivity index (χ1n) is 10.7. The van der Waals surface area contributed by atoms with E-state index in [2.05, 4.69) is 5.32 Å². The molecule has 0 bridgehead atoms. The zero-order valence-corrected chi connectivity index (χ0v) is 20.5. The molecular formula is C25H28Cl2N4O2. The normalized spacial score (nSPS) is 10.8. The number of aryl methyl sites for hydroxylation is 1. The Balaban J connectivity index is 1.76. The fourth-order valence-corrected chi connectivity index (χ4v) is 3.69. The SMILES string of the molecule is CC(C)N(CC(=O)N(Cc1ccccc1)Cc1cccn1C)C(=O)Nc1ccc(Cl)c(Cl)c1. The minimum Gasteiger partial charge on any atom is -0.353 e. The van der Waals surface area contributed by atoms with Crippen LogP contribution in [-0.2, 0) is 24.9 Å². The molecule has 0 fully saturated rings. The Morgan fingerprint density at radius 1 is 0.970 bits per heavy atom. The first kappa shape index (κ1) is 24.7. The number of hydrogen-bond acceptors (Lipinski definition) is 2. The Labute approximate surface area is 204 Å². The molecule has 8 heteroatoms. The average Bonchev–Trinajstić information content (AvgIpc) is 3.18. The maximum Gasteiger partial charge on any atom is 0.322 e. The lowest BCUT2D eigenvalue weighted by Gasteiger charge is -2.30. The van der Waals surface area contributed by atoms with Crippen molar-refractivity contribution in [1.82, 2.24) is 14.4 Å². The van der Waals surface area contributed by atoms with Gasteiger partial charge in [0.05, 0.1) is 16.6 Å². The highest BCUT2D eigenvalue weighted by molar-refractivity contribution is 6.42. The van der Waals surface area contributed by atoms with Gasteiger partial charge in [-0.15, -0.1) is 0 Å². The van der Waals surface area contributed by atoms with Crippen molar-refractivity contribution in [1.29, 1.82) is 0 Å². The van der Waals surface area contributed by atoms with E-state index in [0.717, 1.165) is 11.3 Å². The summed E-state index contributed by atoms with van der Waals surface area (Å²) in [5.74, 6) is -0.141. The van der Waals surface area contributed by atoms with Crippen LogP contribution in [0.2, 0.25) is 10.0 Å². The van der Waals surface area contributed by atoms with E-state index >= 15 is 0 Å². The van der Waals surface area contributed by atoms with Crippen LogP contribution in [0.3, 0.4) is 0 Å². The van der Waals surface area contributed by atoms with E-state index < -0.39 is 0 Å². The summed E-state index contributed by atoms with van der Waals surface area (Å²) in [7, 11) is 1.95. The Bertz CT molecular complexity index is 1100. The molecule has 0 atom stereocenters. The smallest absolute Gasteiger partial charge is 0.322 e. The van der Waals surface area contributed by atoms with E-state index in [0.29, 0.717) is 28.8 Å². The van der Waals surface area contributed by atoms with Crippen LogP contribution in [-0.4, -0.2) is 38.9 Å². The lowest BCUT2D eigenvalue weighted by Crippen LogP contribution is -2.47. The molecular weight excluding hydrogens is 459 g/mol. The highest BCUT2D eigenvalue weighted by Gasteiger charge is 2.24. The minimum absolute atomic E-state index is 0.0535. The number of anilines is 1. The molecule has 0 unspecified atom stereocenters. The Hall–Kier alpha value is -2.96. The molecule has 0 aliphatic carbocycles. The molecule has 174 valence electrons. The molecule has 1 aromatic heterocycles. The van der Waals surface area contributed by atoms with E-state index in [1.807, 2.05) is 74.1 Å². The fourth-order valence-electron chi connectivity index (χ4n) is 3.40. The third-order valence-electron chi connectivity index (χ3n) is 5.33. The molecule has 1 heterocycles. The number of nitrogens with zero attached hydrogens (tertiary/aromatic N) is 3. The second-order valence-corrected chi connectivity index (χ2v) is 8.94. The third-order valence-corrected chi connectivity index (χ3v) is 6.07. The molecule has 0 radical (unpaired) electrons. The predicted molar refractivity (Wildman–Crippen MR) is 133 cm³/mol. The van der Waals surface area contributed by atoms with Gasteiger partial charge in [-0.25, -0.2) is 4.79 Å². The summed E-state index contributed by atoms with van der Waals surface area (Å²) in [5, 5.41) is 3.56. The third kappa shape index (κ3) is 6.76. The number of nitrogens with one attached hydrogen (secondary N) is 1. The lowest BCUT2D eigenvalue weighted by molar-refractivity contribution is -0.133. The molecule has 0 aliphatic heterocycles. The monoisotopic (exact) mass is 486 g/mol. The lowest BCUT2D eigenvalue weighted by atomic mass is 10.2. The van der Waals surface area contributed by atoms with Crippen LogP contribution in [0.25, 0.3) is 0 Å². The van der Waals surface area contributed by atoms with E-state index in [1.54, 1.807) is 23.1 Å². The van der Waals surface area contributed by atoms with Crippen molar-refractivity contribution in [2.45, 2.75) is 33.0 Å². The predicted octanol–water partition coefficient (Wildman–Crippen LogP) is 5.80. The maximum absolute atomic E-state index is 13.4. The largest absolute Gasteiger partial charge is 0.353 e. The standard InChI is InChI=1S/C25H28Cl2N4O2/c1-18(2)31(25(33)28-20-11-12-22(26)23(27)14-20)17-24(32)30(15-19-8-5-4-6-9-19)16-21-10-7-13-29(21)3/h4-14,18H,15-17H2,1-3H3,(H,28,33). The van der Waals surface area contributed by atoms with Crippen molar-refractivity contribution in [3.05, 3.63) is 88.2 Å². The quantitative estimate of drug-likeness (QED) is 0.437. The number of benzene rings is 2. The van der Waals surface area contributed by atoms with Crippen LogP contribution in [0.1, 0.15) is 25.1 Å². The van der Waals surface area contributed by atoms with Gasteiger partial charge in [0.25, 0.3) is 0 Å². The first-order chi connectivity index (χ1) is 15.7. The van der Waals surface area contributed by atoms with Crippen LogP contribution in [0.5, 0.6) is 0 Å². The van der Waals surface area contributed by atoms with Gasteiger partial charge in [0.15, 0.2) is 0 Å². The topological polar surface area (TPSA) is 57.6 Å². The number of amides is 3. The van der Waals surface area contributed by atoms with E-state index in [9.17, 15) is 9.59 Å². The number of urea groups is 1. The molecule has 2 aromatic carbocycles. The van der Waals surface area contributed by atoms with Crippen molar-refractivity contribution >= 4 is 40.8 Å². The molecule has 6 nitrogen and oxygen atoms in total. The maximum atomic E-state index is 13.4. The highest BCUT2D eigenvalue weighted by atomic mass is 35.5. The molecule has 3 rings (SSSR count). The molecule has 0 spiro atoms. The van der Waals surface area contributed by atoms with Gasteiger partial charge >= 0.3 is 6.03 Å². The summed E-state index contributed by atoms with van der Waals surface area (Å²) in [5.41, 5.74) is 2.55. The zero-order chi connectivity index (χ0) is 24.0. The number of carbonyl (C=O) groups excluding carboxylic acids is 2. The van der Waals surface area contributed by atoms with Crippen molar-refractivity contribution in [3.63, 3.8) is 0 Å². The second kappa shape index (κ2) is 11.3. The number of halogens is 2. The Morgan fingerprint density at radius 3 is 2.30 bits per heavy atom. The molecule has 1 N–H and O–H groups in total. The average molecular weight is 487 g/mol. The van der Waals surface area contributed by atoms with Crippen molar-refractivity contribution in [3.8, 4) is 0 Å². The van der Waals surface area contributed by atoms with Gasteiger partial charge in [-0.3, -0.25) is 4.79 Å². The van der Waals surface area contributed by atoms with Crippen LogP contribution in [0.4, 0.5) is 10.5 Å². The molecule has 0 saturated heterocycles. The fraction of sp³-hybridized carbons (Fsp3) is 0.280. The molecule has 3 aromatic rings. The van der Waals surface area contributed by atoms with Crippen molar-refractivity contribution in [2.75, 3.05) is 11.9 Å². The Kier molecular flexibility index (Phi) is 8.42. The summed E-state index contributed by atoms with van der Waals surface area (Å²) in [6, 6.07) is 18.1. The summed E-state index contributed by atoms with van der Waals surface area (Å²) >= 11 is 12.0. The summed E-state index contributed by atoms with van der Waals surface area (Å²) in [4.78, 5) is 29.7. The van der Waals surface area contributed by atoms with Crippen LogP contribution in [0, 0.1) is 0 Å². The van der Waals surface area contributed by atoms with Crippen LogP contribution >= 0.6 is 23.2 Å². The molecule has 3 amide bonds. The first-order valence-corrected chi connectivity index (χ1v) is 11.4. The van der Waals surface area contributed by atoms with Crippen molar-refractivity contribution in [2.24, 2.45) is 7.05 Å². The van der Waals surface area contributed by atoms with Gasteiger partial charge in [0.2, 0.25) is 5.91 Å². The van der Waals surface area contributed by atoms with Crippen molar-refractivity contribution < 1.29 is 9.59 Å². The second-order valence-electron chi connectivity index (χ2n) is 8.13. The van der Waals surface area contributed by atoms with E-state index in [1.165, 1.54) is 4.90 Å². The summed E-state index contributed by atoms with van der Waals surface area (Å²) in [6.45, 7) is 4.59. The van der Waals surface area contributed by atoms with Gasteiger partial charge < -0.3 is 19.7 Å². The molecule has 0 saturated carbocycles. The molecule has 33 heavy (non-hydrogen) atoms. The zero-order valence-electron chi connectivity index (χ0n) is 19.0. The summed E-state index contributed by atoms with van der Waals surface area (Å²) < 4.78 is 1.99. The van der Waals surface area contributed by atoms with E-state index in [-0.39, 0.29) is 24.5 Å². The van der Waals surface area contributed by atoms with E-state index in [4.69, 9.17) is 23.2 Å². The van der Waals surface area contributed by atoms with Gasteiger partial charge in [-0.2, -0.15) is 0 Å².